The molecule has 0 aromatic heterocycles. The molecule has 2 aliphatic heterocycles. The van der Waals surface area contributed by atoms with E-state index in [1.807, 2.05) is 36.2 Å². The summed E-state index contributed by atoms with van der Waals surface area (Å²) < 4.78 is 22.2. The first-order valence-electron chi connectivity index (χ1n) is 8.54. The van der Waals surface area contributed by atoms with Crippen molar-refractivity contribution >= 4 is 23.2 Å². The highest BCUT2D eigenvalue weighted by molar-refractivity contribution is 6.34. The number of likely N-dealkylation sites (N-methyl/N-ethyl adjacent to an activating group) is 1. The van der Waals surface area contributed by atoms with E-state index in [4.69, 9.17) is 30.5 Å². The molecular weight excluding hydrogens is 372 g/mol. The Bertz CT molecular complexity index is 860. The van der Waals surface area contributed by atoms with E-state index < -0.39 is 0 Å². The molecule has 0 bridgehead atoms. The lowest BCUT2D eigenvalue weighted by atomic mass is 10.2. The first-order chi connectivity index (χ1) is 13.1. The Hall–Kier alpha value is -2.64. The predicted molar refractivity (Wildman–Crippen MR) is 100 cm³/mol. The van der Waals surface area contributed by atoms with Crippen LogP contribution in [-0.4, -0.2) is 50.4 Å². The van der Waals surface area contributed by atoms with Crippen molar-refractivity contribution in [1.29, 1.82) is 0 Å². The lowest BCUT2D eigenvalue weighted by Crippen LogP contribution is -2.42. The standard InChI is InChI=1S/C19H19ClN2O5/c1-22(8-12-10-24-15-4-2-3-5-16(15)27-12)9-19(23)21-14-7-18-17(6-13(14)20)25-11-26-18/h2-7,12H,8-11H2,1H3,(H,21,23)/t12-/m0/s1. The third-order valence-corrected chi connectivity index (χ3v) is 4.55. The van der Waals surface area contributed by atoms with E-state index in [1.165, 1.54) is 0 Å². The Morgan fingerprint density at radius 1 is 1.15 bits per heavy atom. The van der Waals surface area contributed by atoms with Gasteiger partial charge in [0, 0.05) is 18.7 Å². The van der Waals surface area contributed by atoms with Gasteiger partial charge in [0.25, 0.3) is 0 Å². The van der Waals surface area contributed by atoms with Gasteiger partial charge in [-0.15, -0.1) is 0 Å². The topological polar surface area (TPSA) is 69.3 Å². The summed E-state index contributed by atoms with van der Waals surface area (Å²) in [7, 11) is 1.85. The van der Waals surface area contributed by atoms with Gasteiger partial charge >= 0.3 is 0 Å². The Balaban J connectivity index is 1.31. The molecule has 142 valence electrons. The van der Waals surface area contributed by atoms with Gasteiger partial charge in [0.2, 0.25) is 12.7 Å². The molecule has 0 fully saturated rings. The Morgan fingerprint density at radius 3 is 2.70 bits per heavy atom. The fraction of sp³-hybridized carbons (Fsp3) is 0.316. The van der Waals surface area contributed by atoms with E-state index in [-0.39, 0.29) is 25.3 Å². The summed E-state index contributed by atoms with van der Waals surface area (Å²) in [5.74, 6) is 2.42. The quantitative estimate of drug-likeness (QED) is 0.846. The van der Waals surface area contributed by atoms with Crippen LogP contribution in [0.15, 0.2) is 36.4 Å². The maximum atomic E-state index is 12.4. The number of para-hydroxylation sites is 2. The van der Waals surface area contributed by atoms with Gasteiger partial charge in [-0.3, -0.25) is 9.69 Å². The molecule has 0 saturated heterocycles. The van der Waals surface area contributed by atoms with Crippen molar-refractivity contribution < 1.29 is 23.7 Å². The number of carbonyl (C=O) groups is 1. The monoisotopic (exact) mass is 390 g/mol. The number of hydrogen-bond donors (Lipinski definition) is 1. The Labute approximate surface area is 161 Å². The maximum Gasteiger partial charge on any atom is 0.238 e. The number of ether oxygens (including phenoxy) is 4. The highest BCUT2D eigenvalue weighted by Crippen LogP contribution is 2.39. The van der Waals surface area contributed by atoms with E-state index in [9.17, 15) is 4.79 Å². The number of nitrogens with one attached hydrogen (secondary N) is 1. The van der Waals surface area contributed by atoms with Gasteiger partial charge in [-0.25, -0.2) is 0 Å². The molecule has 0 aliphatic carbocycles. The van der Waals surface area contributed by atoms with Crippen LogP contribution < -0.4 is 24.3 Å². The van der Waals surface area contributed by atoms with Crippen LogP contribution in [0.3, 0.4) is 0 Å². The molecule has 2 aromatic carbocycles. The van der Waals surface area contributed by atoms with Gasteiger partial charge in [0.05, 0.1) is 17.3 Å². The van der Waals surface area contributed by atoms with Gasteiger partial charge in [0.1, 0.15) is 12.7 Å². The summed E-state index contributed by atoms with van der Waals surface area (Å²) in [6.45, 7) is 1.33. The minimum atomic E-state index is -0.185. The second-order valence-electron chi connectivity index (χ2n) is 6.43. The first kappa shape index (κ1) is 17.8. The summed E-state index contributed by atoms with van der Waals surface area (Å²) in [4.78, 5) is 14.2. The van der Waals surface area contributed by atoms with Crippen LogP contribution in [0.4, 0.5) is 5.69 Å². The zero-order valence-corrected chi connectivity index (χ0v) is 15.5. The number of carbonyl (C=O) groups excluding carboxylic acids is 1. The van der Waals surface area contributed by atoms with Crippen molar-refractivity contribution in [2.75, 3.05) is 38.9 Å². The number of halogens is 1. The minimum Gasteiger partial charge on any atom is -0.486 e. The highest BCUT2D eigenvalue weighted by atomic mass is 35.5. The van der Waals surface area contributed by atoms with Crippen molar-refractivity contribution in [3.05, 3.63) is 41.4 Å². The van der Waals surface area contributed by atoms with Crippen molar-refractivity contribution in [2.45, 2.75) is 6.10 Å². The molecule has 8 heteroatoms. The van der Waals surface area contributed by atoms with E-state index in [1.54, 1.807) is 12.1 Å². The van der Waals surface area contributed by atoms with E-state index in [0.717, 1.165) is 11.5 Å². The molecular formula is C19H19ClN2O5. The molecule has 27 heavy (non-hydrogen) atoms. The van der Waals surface area contributed by atoms with Crippen LogP contribution in [-0.2, 0) is 4.79 Å². The molecule has 2 aliphatic rings. The van der Waals surface area contributed by atoms with Gasteiger partial charge in [-0.1, -0.05) is 23.7 Å². The van der Waals surface area contributed by atoms with Crippen LogP contribution in [0.2, 0.25) is 5.02 Å². The number of nitrogens with zero attached hydrogens (tertiary/aromatic N) is 1. The molecule has 7 nitrogen and oxygen atoms in total. The van der Waals surface area contributed by atoms with Crippen LogP contribution in [0.5, 0.6) is 23.0 Å². The molecule has 2 heterocycles. The summed E-state index contributed by atoms with van der Waals surface area (Å²) in [6, 6.07) is 10.8. The zero-order valence-electron chi connectivity index (χ0n) is 14.7. The van der Waals surface area contributed by atoms with Crippen LogP contribution in [0.25, 0.3) is 0 Å². The lowest BCUT2D eigenvalue weighted by Gasteiger charge is -2.29. The molecule has 2 aromatic rings. The summed E-state index contributed by atoms with van der Waals surface area (Å²) >= 11 is 6.19. The molecule has 4 rings (SSSR count). The third-order valence-electron chi connectivity index (χ3n) is 4.23. The molecule has 1 amide bonds. The molecule has 0 saturated carbocycles. The van der Waals surface area contributed by atoms with E-state index >= 15 is 0 Å². The second-order valence-corrected chi connectivity index (χ2v) is 6.84. The summed E-state index contributed by atoms with van der Waals surface area (Å²) in [6.07, 6.45) is -0.146. The molecule has 0 unspecified atom stereocenters. The minimum absolute atomic E-state index is 0.146. The number of anilines is 1. The third kappa shape index (κ3) is 4.04. The Morgan fingerprint density at radius 2 is 1.89 bits per heavy atom. The predicted octanol–water partition coefficient (Wildman–Crippen LogP) is 2.78. The normalized spacial score (nSPS) is 17.1. The van der Waals surface area contributed by atoms with Crippen LogP contribution in [0.1, 0.15) is 0 Å². The fourth-order valence-electron chi connectivity index (χ4n) is 3.01. The highest BCUT2D eigenvalue weighted by Gasteiger charge is 2.23. The van der Waals surface area contributed by atoms with Crippen LogP contribution in [0, 0.1) is 0 Å². The Kier molecular flexibility index (Phi) is 4.96. The average Bonchev–Trinajstić information content (AvgIpc) is 3.08. The van der Waals surface area contributed by atoms with E-state index in [0.29, 0.717) is 35.4 Å². The van der Waals surface area contributed by atoms with Crippen molar-refractivity contribution in [2.24, 2.45) is 0 Å². The van der Waals surface area contributed by atoms with Gasteiger partial charge in [0.15, 0.2) is 23.0 Å². The number of fused-ring (bicyclic) bond motifs is 2. The largest absolute Gasteiger partial charge is 0.486 e. The van der Waals surface area contributed by atoms with Crippen molar-refractivity contribution in [3.63, 3.8) is 0 Å². The number of amides is 1. The van der Waals surface area contributed by atoms with Crippen LogP contribution >= 0.6 is 11.6 Å². The van der Waals surface area contributed by atoms with Gasteiger partial charge in [-0.05, 0) is 19.2 Å². The molecule has 0 radical (unpaired) electrons. The zero-order chi connectivity index (χ0) is 18.8. The number of benzene rings is 2. The SMILES string of the molecule is CN(CC(=O)Nc1cc2c(cc1Cl)OCO2)C[C@H]1COc2ccccc2O1. The average molecular weight is 391 g/mol. The molecule has 0 spiro atoms. The number of hydrogen-bond acceptors (Lipinski definition) is 6. The molecule has 1 atom stereocenters. The lowest BCUT2D eigenvalue weighted by molar-refractivity contribution is -0.117. The van der Waals surface area contributed by atoms with E-state index in [2.05, 4.69) is 5.32 Å². The first-order valence-corrected chi connectivity index (χ1v) is 8.92. The van der Waals surface area contributed by atoms with Gasteiger partial charge in [-0.2, -0.15) is 0 Å². The van der Waals surface area contributed by atoms with Crippen molar-refractivity contribution in [1.82, 2.24) is 4.90 Å². The fourth-order valence-corrected chi connectivity index (χ4v) is 3.21. The summed E-state index contributed by atoms with van der Waals surface area (Å²) in [5.41, 5.74) is 0.491. The molecule has 1 N–H and O–H groups in total. The van der Waals surface area contributed by atoms with Crippen molar-refractivity contribution in [3.8, 4) is 23.0 Å². The smallest absolute Gasteiger partial charge is 0.238 e. The second kappa shape index (κ2) is 7.54. The maximum absolute atomic E-state index is 12.4. The summed E-state index contributed by atoms with van der Waals surface area (Å²) in [5, 5.41) is 3.20. The van der Waals surface area contributed by atoms with Gasteiger partial charge < -0.3 is 24.3 Å². The number of rotatable bonds is 5.